The summed E-state index contributed by atoms with van der Waals surface area (Å²) in [4.78, 5) is 23.4. The van der Waals surface area contributed by atoms with Gasteiger partial charge in [0, 0.05) is 17.8 Å². The van der Waals surface area contributed by atoms with Crippen LogP contribution in [-0.4, -0.2) is 35.0 Å². The van der Waals surface area contributed by atoms with Crippen molar-refractivity contribution in [2.75, 3.05) is 22.0 Å². The first-order valence-corrected chi connectivity index (χ1v) is 14.5. The molecule has 4 nitrogen and oxygen atoms in total. The van der Waals surface area contributed by atoms with E-state index < -0.39 is 5.24 Å². The van der Waals surface area contributed by atoms with Gasteiger partial charge in [-0.1, -0.05) is 64.1 Å². The van der Waals surface area contributed by atoms with Gasteiger partial charge in [-0.05, 0) is 87.2 Å². The molecule has 2 aromatic rings. The van der Waals surface area contributed by atoms with Crippen LogP contribution in [0.25, 0.3) is 0 Å². The lowest BCUT2D eigenvalue weighted by molar-refractivity contribution is -0.116. The van der Waals surface area contributed by atoms with Crippen LogP contribution in [0.5, 0.6) is 0 Å². The molecule has 1 N–H and O–H groups in total. The quantitative estimate of drug-likeness (QED) is 0.209. The smallest absolute Gasteiger partial charge is 0.242 e. The van der Waals surface area contributed by atoms with Crippen molar-refractivity contribution in [3.05, 3.63) is 58.7 Å². The number of para-hydroxylation sites is 2. The van der Waals surface area contributed by atoms with E-state index in [1.54, 1.807) is 0 Å². The first-order chi connectivity index (χ1) is 17.5. The van der Waals surface area contributed by atoms with Crippen molar-refractivity contribution in [2.24, 2.45) is 0 Å². The van der Waals surface area contributed by atoms with Crippen molar-refractivity contribution in [3.8, 4) is 0 Å². The van der Waals surface area contributed by atoms with Gasteiger partial charge in [0.25, 0.3) is 0 Å². The number of rotatable bonds is 10. The normalized spacial score (nSPS) is 11.2. The average Bonchev–Trinajstić information content (AvgIpc) is 2.90. The highest BCUT2D eigenvalue weighted by Crippen LogP contribution is 2.28. The van der Waals surface area contributed by atoms with Gasteiger partial charge in [0.05, 0.1) is 11.6 Å². The Morgan fingerprint density at radius 1 is 0.821 bits per heavy atom. The Kier molecular flexibility index (Phi) is 25.7. The Bertz CT molecular complexity index is 977. The standard InChI is InChI=1S/C15H22ClNO.C13H21N.C2H2Cl2O.2H2S/c1-5-12(4)17(14(18)10-16)15-11(3)8-7-9-13(15)6-2;1-5-11(4)14-13-10(3)8-7-9-12(13)6-2;3-1-2(4)5;;/h7-9,12H,5-6,10H2,1-4H3;7-9,11,14H,5-6H2,1-4H3;1H2;2*1H2. The van der Waals surface area contributed by atoms with E-state index in [2.05, 4.69) is 78.0 Å². The van der Waals surface area contributed by atoms with Crippen molar-refractivity contribution >= 4 is 84.3 Å². The van der Waals surface area contributed by atoms with Crippen molar-refractivity contribution in [3.63, 3.8) is 0 Å². The molecule has 1 amide bonds. The minimum atomic E-state index is -0.508. The van der Waals surface area contributed by atoms with E-state index in [0.717, 1.165) is 36.9 Å². The first kappa shape index (κ1) is 42.4. The average molecular weight is 640 g/mol. The molecule has 224 valence electrons. The minimum Gasteiger partial charge on any atom is -0.382 e. The van der Waals surface area contributed by atoms with Gasteiger partial charge in [0.2, 0.25) is 11.1 Å². The number of nitrogens with zero attached hydrogens (tertiary/aromatic N) is 1. The van der Waals surface area contributed by atoms with Gasteiger partial charge >= 0.3 is 0 Å². The van der Waals surface area contributed by atoms with E-state index in [9.17, 15) is 9.59 Å². The van der Waals surface area contributed by atoms with Crippen molar-refractivity contribution in [1.29, 1.82) is 0 Å². The maximum absolute atomic E-state index is 12.1. The molecule has 0 radical (unpaired) electrons. The zero-order valence-electron chi connectivity index (χ0n) is 24.8. The Morgan fingerprint density at radius 3 is 1.72 bits per heavy atom. The Hall–Kier alpha value is -1.05. The van der Waals surface area contributed by atoms with Crippen LogP contribution in [0.3, 0.4) is 0 Å². The summed E-state index contributed by atoms with van der Waals surface area (Å²) in [6.07, 6.45) is 4.09. The predicted molar refractivity (Wildman–Crippen MR) is 185 cm³/mol. The van der Waals surface area contributed by atoms with E-state index in [-0.39, 0.29) is 50.7 Å². The number of anilines is 2. The van der Waals surface area contributed by atoms with Crippen LogP contribution in [-0.2, 0) is 22.4 Å². The highest BCUT2D eigenvalue weighted by Gasteiger charge is 2.23. The lowest BCUT2D eigenvalue weighted by Gasteiger charge is -2.31. The molecule has 0 bridgehead atoms. The summed E-state index contributed by atoms with van der Waals surface area (Å²) in [7, 11) is 0. The zero-order valence-corrected chi connectivity index (χ0v) is 29.0. The molecule has 0 aromatic heterocycles. The van der Waals surface area contributed by atoms with E-state index in [4.69, 9.17) is 34.8 Å². The molecule has 0 aliphatic carbocycles. The third-order valence-corrected chi connectivity index (χ3v) is 6.95. The highest BCUT2D eigenvalue weighted by molar-refractivity contribution is 7.59. The molecule has 0 aliphatic rings. The molecule has 39 heavy (non-hydrogen) atoms. The van der Waals surface area contributed by atoms with Gasteiger partial charge in [0.1, 0.15) is 5.88 Å². The molecule has 0 aliphatic heterocycles. The third kappa shape index (κ3) is 14.9. The van der Waals surface area contributed by atoms with Gasteiger partial charge in [-0.15, -0.1) is 23.2 Å². The van der Waals surface area contributed by atoms with E-state index in [0.29, 0.717) is 6.04 Å². The number of benzene rings is 2. The third-order valence-electron chi connectivity index (χ3n) is 6.21. The fourth-order valence-electron chi connectivity index (χ4n) is 3.77. The summed E-state index contributed by atoms with van der Waals surface area (Å²) in [6.45, 7) is 17.1. The Balaban J connectivity index is -0.000000553. The van der Waals surface area contributed by atoms with Crippen LogP contribution in [0.1, 0.15) is 76.6 Å². The first-order valence-electron chi connectivity index (χ1n) is 13.1. The number of carbonyl (C=O) groups excluding carboxylic acids is 2. The summed E-state index contributed by atoms with van der Waals surface area (Å²) < 4.78 is 0. The second kappa shape index (κ2) is 23.6. The number of halogens is 3. The van der Waals surface area contributed by atoms with Gasteiger partial charge in [-0.25, -0.2) is 0 Å². The van der Waals surface area contributed by atoms with E-state index >= 15 is 0 Å². The second-order valence-corrected chi connectivity index (χ2v) is 9.95. The number of alkyl halides is 2. The SMILES string of the molecule is CCc1cccc(C)c1N(C(=O)CCl)C(C)CC.CCc1cccc(C)c1NC(C)CC.O=C(Cl)CCl.S.S. The molecule has 0 heterocycles. The van der Waals surface area contributed by atoms with Crippen LogP contribution in [0.4, 0.5) is 11.4 Å². The van der Waals surface area contributed by atoms with Crippen LogP contribution in [0.2, 0.25) is 0 Å². The van der Waals surface area contributed by atoms with Crippen LogP contribution < -0.4 is 10.2 Å². The molecule has 0 saturated carbocycles. The molecule has 0 fully saturated rings. The molecular formula is C30H49Cl3N2O2S2. The molecule has 0 spiro atoms. The van der Waals surface area contributed by atoms with E-state index in [1.165, 1.54) is 22.4 Å². The van der Waals surface area contributed by atoms with Crippen molar-refractivity contribution in [2.45, 2.75) is 93.2 Å². The van der Waals surface area contributed by atoms with E-state index in [1.807, 2.05) is 24.0 Å². The topological polar surface area (TPSA) is 49.4 Å². The van der Waals surface area contributed by atoms with Crippen molar-refractivity contribution < 1.29 is 9.59 Å². The molecular weight excluding hydrogens is 591 g/mol. The number of hydrogen-bond donors (Lipinski definition) is 1. The van der Waals surface area contributed by atoms with Crippen molar-refractivity contribution in [1.82, 2.24) is 0 Å². The molecule has 9 heteroatoms. The Labute approximate surface area is 266 Å². The largest absolute Gasteiger partial charge is 0.382 e. The second-order valence-electron chi connectivity index (χ2n) is 9.00. The van der Waals surface area contributed by atoms with Crippen LogP contribution in [0, 0.1) is 13.8 Å². The van der Waals surface area contributed by atoms with Crippen LogP contribution >= 0.6 is 61.8 Å². The molecule has 2 rings (SSSR count). The summed E-state index contributed by atoms with van der Waals surface area (Å²) >= 11 is 15.3. The fourth-order valence-corrected chi connectivity index (χ4v) is 3.89. The summed E-state index contributed by atoms with van der Waals surface area (Å²) in [6, 6.07) is 13.4. The minimum absolute atomic E-state index is 0. The lowest BCUT2D eigenvalue weighted by Crippen LogP contribution is -2.40. The zero-order chi connectivity index (χ0) is 28.5. The van der Waals surface area contributed by atoms with Crippen LogP contribution in [0.15, 0.2) is 36.4 Å². The van der Waals surface area contributed by atoms with Gasteiger partial charge in [-0.2, -0.15) is 27.0 Å². The number of hydrogen-bond acceptors (Lipinski definition) is 3. The maximum Gasteiger partial charge on any atom is 0.242 e. The molecule has 2 unspecified atom stereocenters. The Morgan fingerprint density at radius 2 is 1.31 bits per heavy atom. The van der Waals surface area contributed by atoms with Gasteiger partial charge < -0.3 is 10.2 Å². The number of nitrogens with one attached hydrogen (secondary N) is 1. The fraction of sp³-hybridized carbons (Fsp3) is 0.533. The molecule has 2 atom stereocenters. The number of amides is 1. The maximum atomic E-state index is 12.1. The molecule has 0 saturated heterocycles. The number of carbonyl (C=O) groups is 2. The summed E-state index contributed by atoms with van der Waals surface area (Å²) in [5.74, 6) is -0.0846. The monoisotopic (exact) mass is 638 g/mol. The number of aryl methyl sites for hydroxylation is 4. The van der Waals surface area contributed by atoms with Gasteiger partial charge in [0.15, 0.2) is 0 Å². The lowest BCUT2D eigenvalue weighted by atomic mass is 10.0. The predicted octanol–water partition coefficient (Wildman–Crippen LogP) is 8.91. The summed E-state index contributed by atoms with van der Waals surface area (Å²) in [5, 5.41) is 3.07. The summed E-state index contributed by atoms with van der Waals surface area (Å²) in [5.41, 5.74) is 7.49. The highest BCUT2D eigenvalue weighted by atomic mass is 35.5. The molecule has 2 aromatic carbocycles. The van der Waals surface area contributed by atoms with Gasteiger partial charge in [-0.3, -0.25) is 9.59 Å².